The van der Waals surface area contributed by atoms with Gasteiger partial charge in [-0.2, -0.15) is 0 Å². The standard InChI is InChI=1S/C25H31N5O5/c1-26-22(32)15-2-4-16(5-3-15)28-10-12-29(13-11-28)17-6-7-18-19(14-17)25(35)30(24(18)34)20-8-9-21(31)27-23(20)33/h6-7,14-16,20H,2-5,8-13H2,1H3,(H,26,32)(H,27,31,33). The highest BCUT2D eigenvalue weighted by atomic mass is 16.2. The highest BCUT2D eigenvalue weighted by molar-refractivity contribution is 6.23. The minimum Gasteiger partial charge on any atom is -0.369 e. The van der Waals surface area contributed by atoms with Gasteiger partial charge in [-0.1, -0.05) is 0 Å². The molecule has 2 N–H and O–H groups in total. The Morgan fingerprint density at radius 1 is 0.914 bits per heavy atom. The van der Waals surface area contributed by atoms with E-state index in [9.17, 15) is 24.0 Å². The Kier molecular flexibility index (Phi) is 6.31. The molecule has 1 aromatic rings. The Balaban J connectivity index is 1.22. The summed E-state index contributed by atoms with van der Waals surface area (Å²) in [6.07, 6.45) is 4.17. The average molecular weight is 482 g/mol. The Hall–Kier alpha value is -3.27. The summed E-state index contributed by atoms with van der Waals surface area (Å²) in [6, 6.07) is 4.84. The van der Waals surface area contributed by atoms with Crippen LogP contribution >= 0.6 is 0 Å². The van der Waals surface area contributed by atoms with Gasteiger partial charge in [0.1, 0.15) is 6.04 Å². The summed E-state index contributed by atoms with van der Waals surface area (Å²) in [4.78, 5) is 67.4. The van der Waals surface area contributed by atoms with Crippen molar-refractivity contribution >= 4 is 35.2 Å². The molecule has 1 aliphatic carbocycles. The molecule has 0 bridgehead atoms. The van der Waals surface area contributed by atoms with E-state index in [0.29, 0.717) is 17.2 Å². The van der Waals surface area contributed by atoms with Gasteiger partial charge in [-0.3, -0.25) is 39.1 Å². The monoisotopic (exact) mass is 481 g/mol. The molecule has 3 heterocycles. The zero-order valence-corrected chi connectivity index (χ0v) is 19.9. The predicted molar refractivity (Wildman–Crippen MR) is 127 cm³/mol. The molecule has 5 rings (SSSR count). The number of carbonyl (C=O) groups excluding carboxylic acids is 5. The number of rotatable bonds is 4. The molecule has 186 valence electrons. The molecule has 1 aromatic carbocycles. The second kappa shape index (κ2) is 9.41. The van der Waals surface area contributed by atoms with Crippen LogP contribution in [0.1, 0.15) is 59.2 Å². The van der Waals surface area contributed by atoms with Gasteiger partial charge in [-0.25, -0.2) is 0 Å². The van der Waals surface area contributed by atoms with Crippen LogP contribution in [0.25, 0.3) is 0 Å². The number of piperidine rings is 1. The lowest BCUT2D eigenvalue weighted by Gasteiger charge is -2.42. The van der Waals surface area contributed by atoms with Crippen molar-refractivity contribution in [2.45, 2.75) is 50.6 Å². The van der Waals surface area contributed by atoms with E-state index in [4.69, 9.17) is 0 Å². The van der Waals surface area contributed by atoms with Crippen molar-refractivity contribution in [2.75, 3.05) is 38.1 Å². The van der Waals surface area contributed by atoms with E-state index >= 15 is 0 Å². The van der Waals surface area contributed by atoms with Gasteiger partial charge in [-0.05, 0) is 50.3 Å². The fourth-order valence-corrected chi connectivity index (χ4v) is 5.91. The zero-order valence-electron chi connectivity index (χ0n) is 19.9. The molecule has 3 aliphatic heterocycles. The highest BCUT2D eigenvalue weighted by Crippen LogP contribution is 2.32. The van der Waals surface area contributed by atoms with Crippen LogP contribution in [0.4, 0.5) is 5.69 Å². The summed E-state index contributed by atoms with van der Waals surface area (Å²) >= 11 is 0. The van der Waals surface area contributed by atoms with Crippen LogP contribution in [0.15, 0.2) is 18.2 Å². The Morgan fingerprint density at radius 2 is 1.60 bits per heavy atom. The van der Waals surface area contributed by atoms with E-state index in [2.05, 4.69) is 20.4 Å². The van der Waals surface area contributed by atoms with Gasteiger partial charge in [-0.15, -0.1) is 0 Å². The third kappa shape index (κ3) is 4.31. The van der Waals surface area contributed by atoms with Crippen molar-refractivity contribution < 1.29 is 24.0 Å². The molecule has 5 amide bonds. The molecule has 0 radical (unpaired) electrons. The van der Waals surface area contributed by atoms with Crippen molar-refractivity contribution in [3.8, 4) is 0 Å². The summed E-state index contributed by atoms with van der Waals surface area (Å²) in [5.74, 6) is -1.67. The maximum Gasteiger partial charge on any atom is 0.262 e. The summed E-state index contributed by atoms with van der Waals surface area (Å²) < 4.78 is 0. The summed E-state index contributed by atoms with van der Waals surface area (Å²) in [5, 5.41) is 4.98. The number of piperazine rings is 1. The number of benzene rings is 1. The van der Waals surface area contributed by atoms with Crippen molar-refractivity contribution in [3.63, 3.8) is 0 Å². The van der Waals surface area contributed by atoms with Gasteiger partial charge in [0.25, 0.3) is 11.8 Å². The number of fused-ring (bicyclic) bond motifs is 1. The van der Waals surface area contributed by atoms with Crippen LogP contribution < -0.4 is 15.5 Å². The summed E-state index contributed by atoms with van der Waals surface area (Å²) in [7, 11) is 1.70. The minimum absolute atomic E-state index is 0.104. The van der Waals surface area contributed by atoms with Crippen molar-refractivity contribution in [1.29, 1.82) is 0 Å². The number of anilines is 1. The topological polar surface area (TPSA) is 119 Å². The van der Waals surface area contributed by atoms with Crippen LogP contribution in [-0.4, -0.2) is 84.6 Å². The molecule has 2 saturated heterocycles. The maximum atomic E-state index is 13.1. The smallest absolute Gasteiger partial charge is 0.262 e. The lowest BCUT2D eigenvalue weighted by Crippen LogP contribution is -2.54. The van der Waals surface area contributed by atoms with E-state index in [1.54, 1.807) is 19.2 Å². The van der Waals surface area contributed by atoms with E-state index in [-0.39, 0.29) is 30.6 Å². The van der Waals surface area contributed by atoms with Crippen LogP contribution in [0.5, 0.6) is 0 Å². The molecule has 10 nitrogen and oxygen atoms in total. The third-order valence-electron chi connectivity index (χ3n) is 7.93. The van der Waals surface area contributed by atoms with Gasteiger partial charge in [0.05, 0.1) is 11.1 Å². The second-order valence-electron chi connectivity index (χ2n) is 9.82. The number of hydrogen-bond donors (Lipinski definition) is 2. The first-order valence-corrected chi connectivity index (χ1v) is 12.4. The SMILES string of the molecule is CNC(=O)C1CCC(N2CCN(c3ccc4c(c3)C(=O)N(C3CCC(=O)NC3=O)C4=O)CC2)CC1. The number of nitrogens with zero attached hydrogens (tertiary/aromatic N) is 3. The molecule has 10 heteroatoms. The quantitative estimate of drug-likeness (QED) is 0.602. The molecule has 0 aromatic heterocycles. The Labute approximate surface area is 204 Å². The van der Waals surface area contributed by atoms with E-state index in [1.165, 1.54) is 0 Å². The number of amides is 5. The van der Waals surface area contributed by atoms with Crippen molar-refractivity contribution in [3.05, 3.63) is 29.3 Å². The van der Waals surface area contributed by atoms with Crippen LogP contribution in [-0.2, 0) is 14.4 Å². The Morgan fingerprint density at radius 3 is 2.26 bits per heavy atom. The van der Waals surface area contributed by atoms with Gasteiger partial charge in [0.15, 0.2) is 0 Å². The Bertz CT molecular complexity index is 1070. The first-order chi connectivity index (χ1) is 16.9. The van der Waals surface area contributed by atoms with Crippen molar-refractivity contribution in [1.82, 2.24) is 20.4 Å². The molecule has 0 spiro atoms. The molecular formula is C25H31N5O5. The normalized spacial score (nSPS) is 27.6. The van der Waals surface area contributed by atoms with E-state index < -0.39 is 23.8 Å². The van der Waals surface area contributed by atoms with Crippen LogP contribution in [0.3, 0.4) is 0 Å². The average Bonchev–Trinajstić information content (AvgIpc) is 3.13. The van der Waals surface area contributed by atoms with Gasteiger partial charge < -0.3 is 10.2 Å². The molecule has 1 saturated carbocycles. The van der Waals surface area contributed by atoms with Crippen LogP contribution in [0.2, 0.25) is 0 Å². The van der Waals surface area contributed by atoms with Crippen LogP contribution in [0, 0.1) is 5.92 Å². The van der Waals surface area contributed by atoms with E-state index in [1.807, 2.05) is 6.07 Å². The van der Waals surface area contributed by atoms with Gasteiger partial charge >= 0.3 is 0 Å². The molecule has 3 fully saturated rings. The number of nitrogens with one attached hydrogen (secondary N) is 2. The third-order valence-corrected chi connectivity index (χ3v) is 7.93. The number of hydrogen-bond acceptors (Lipinski definition) is 7. The molecule has 4 aliphatic rings. The molecule has 35 heavy (non-hydrogen) atoms. The molecule has 1 unspecified atom stereocenters. The van der Waals surface area contributed by atoms with Crippen molar-refractivity contribution in [2.24, 2.45) is 5.92 Å². The zero-order chi connectivity index (χ0) is 24.7. The first-order valence-electron chi connectivity index (χ1n) is 12.4. The molecule has 1 atom stereocenters. The van der Waals surface area contributed by atoms with Gasteiger partial charge in [0, 0.05) is 57.3 Å². The summed E-state index contributed by atoms with van der Waals surface area (Å²) in [6.45, 7) is 3.43. The maximum absolute atomic E-state index is 13.1. The fraction of sp³-hybridized carbons (Fsp3) is 0.560. The largest absolute Gasteiger partial charge is 0.369 e. The lowest BCUT2D eigenvalue weighted by molar-refractivity contribution is -0.136. The second-order valence-corrected chi connectivity index (χ2v) is 9.82. The first kappa shape index (κ1) is 23.5. The fourth-order valence-electron chi connectivity index (χ4n) is 5.91. The summed E-state index contributed by atoms with van der Waals surface area (Å²) in [5.41, 5.74) is 1.50. The predicted octanol–water partition coefficient (Wildman–Crippen LogP) is 0.515. The lowest BCUT2D eigenvalue weighted by atomic mass is 9.84. The highest BCUT2D eigenvalue weighted by Gasteiger charge is 2.44. The van der Waals surface area contributed by atoms with Gasteiger partial charge in [0.2, 0.25) is 17.7 Å². The van der Waals surface area contributed by atoms with E-state index in [0.717, 1.165) is 62.4 Å². The number of imide groups is 2. The number of carbonyl (C=O) groups is 5. The minimum atomic E-state index is -0.953. The molecular weight excluding hydrogens is 450 g/mol.